The van der Waals surface area contributed by atoms with Gasteiger partial charge in [0.25, 0.3) is 0 Å². The number of fused-ring (bicyclic) bond motifs is 2. The van der Waals surface area contributed by atoms with Crippen LogP contribution in [0.5, 0.6) is 5.75 Å². The highest BCUT2D eigenvalue weighted by molar-refractivity contribution is 6.04. The van der Waals surface area contributed by atoms with Crippen LogP contribution in [0.2, 0.25) is 0 Å². The second-order valence-electron chi connectivity index (χ2n) is 5.91. The monoisotopic (exact) mass is 341 g/mol. The molecule has 1 aliphatic heterocycles. The summed E-state index contributed by atoms with van der Waals surface area (Å²) in [6.45, 7) is 0.308. The van der Waals surface area contributed by atoms with Crippen molar-refractivity contribution in [3.63, 3.8) is 0 Å². The second kappa shape index (κ2) is 6.22. The van der Waals surface area contributed by atoms with Gasteiger partial charge in [0.2, 0.25) is 0 Å². The maximum atomic E-state index is 13.8. The molecule has 2 aromatic carbocycles. The van der Waals surface area contributed by atoms with Gasteiger partial charge >= 0.3 is 5.97 Å². The molecular formula is C19H16FNO4. The van der Waals surface area contributed by atoms with Gasteiger partial charge in [-0.3, -0.25) is 0 Å². The molecule has 1 aromatic heterocycles. The SMILES string of the molecule is Cn1cc(C(=O)OCc2cc(F)cc3c2OCOC3)c2ccccc21. The molecule has 128 valence electrons. The van der Waals surface area contributed by atoms with Crippen LogP contribution in [-0.4, -0.2) is 17.3 Å². The minimum absolute atomic E-state index is 0.0673. The van der Waals surface area contributed by atoms with E-state index in [-0.39, 0.29) is 20.0 Å². The third-order valence-corrected chi connectivity index (χ3v) is 4.23. The van der Waals surface area contributed by atoms with Crippen LogP contribution in [0.25, 0.3) is 10.9 Å². The molecule has 6 heteroatoms. The minimum Gasteiger partial charge on any atom is -0.467 e. The van der Waals surface area contributed by atoms with E-state index in [9.17, 15) is 9.18 Å². The molecule has 0 spiro atoms. The van der Waals surface area contributed by atoms with Crippen molar-refractivity contribution in [2.75, 3.05) is 6.79 Å². The van der Waals surface area contributed by atoms with E-state index >= 15 is 0 Å². The Bertz CT molecular complexity index is 963. The van der Waals surface area contributed by atoms with Gasteiger partial charge < -0.3 is 18.8 Å². The number of halogens is 1. The van der Waals surface area contributed by atoms with Gasteiger partial charge in [0, 0.05) is 35.3 Å². The highest BCUT2D eigenvalue weighted by atomic mass is 19.1. The van der Waals surface area contributed by atoms with Crippen molar-refractivity contribution in [2.24, 2.45) is 7.05 Å². The number of nitrogens with zero attached hydrogens (tertiary/aromatic N) is 1. The molecule has 0 bridgehead atoms. The number of ether oxygens (including phenoxy) is 3. The van der Waals surface area contributed by atoms with E-state index < -0.39 is 11.8 Å². The molecule has 0 unspecified atom stereocenters. The van der Waals surface area contributed by atoms with Gasteiger partial charge in [-0.1, -0.05) is 18.2 Å². The Hall–Kier alpha value is -2.86. The highest BCUT2D eigenvalue weighted by Crippen LogP contribution is 2.30. The summed E-state index contributed by atoms with van der Waals surface area (Å²) in [6, 6.07) is 10.3. The molecular weight excluding hydrogens is 325 g/mol. The molecule has 0 aliphatic carbocycles. The molecule has 0 amide bonds. The Balaban J connectivity index is 1.59. The van der Waals surface area contributed by atoms with Crippen molar-refractivity contribution >= 4 is 16.9 Å². The number of carbonyl (C=O) groups excluding carboxylic acids is 1. The number of aromatic nitrogens is 1. The van der Waals surface area contributed by atoms with Crippen molar-refractivity contribution in [2.45, 2.75) is 13.2 Å². The predicted octanol–water partition coefficient (Wildman–Crippen LogP) is 3.54. The van der Waals surface area contributed by atoms with Crippen molar-refractivity contribution in [1.82, 2.24) is 4.57 Å². The minimum atomic E-state index is -0.457. The summed E-state index contributed by atoms with van der Waals surface area (Å²) in [6.07, 6.45) is 1.73. The van der Waals surface area contributed by atoms with E-state index in [0.29, 0.717) is 22.4 Å². The number of esters is 1. The summed E-state index contributed by atoms with van der Waals surface area (Å²) in [5.74, 6) is -0.343. The quantitative estimate of drug-likeness (QED) is 0.684. The Morgan fingerprint density at radius 3 is 3.04 bits per heavy atom. The van der Waals surface area contributed by atoms with Crippen LogP contribution >= 0.6 is 0 Å². The summed E-state index contributed by atoms with van der Waals surface area (Å²) >= 11 is 0. The first-order valence-corrected chi connectivity index (χ1v) is 7.86. The Morgan fingerprint density at radius 1 is 1.32 bits per heavy atom. The molecule has 0 radical (unpaired) electrons. The van der Waals surface area contributed by atoms with E-state index in [1.54, 1.807) is 6.20 Å². The van der Waals surface area contributed by atoms with Crippen molar-refractivity contribution in [1.29, 1.82) is 0 Å². The predicted molar refractivity (Wildman–Crippen MR) is 88.7 cm³/mol. The number of aryl methyl sites for hydroxylation is 1. The fourth-order valence-electron chi connectivity index (χ4n) is 3.09. The molecule has 2 heterocycles. The summed E-state index contributed by atoms with van der Waals surface area (Å²) < 4.78 is 31.6. The zero-order valence-electron chi connectivity index (χ0n) is 13.6. The summed E-state index contributed by atoms with van der Waals surface area (Å²) in [5, 5.41) is 0.820. The number of rotatable bonds is 3. The molecule has 5 nitrogen and oxygen atoms in total. The van der Waals surface area contributed by atoms with E-state index in [2.05, 4.69) is 0 Å². The summed E-state index contributed by atoms with van der Waals surface area (Å²) in [7, 11) is 1.87. The first-order valence-electron chi connectivity index (χ1n) is 7.86. The highest BCUT2D eigenvalue weighted by Gasteiger charge is 2.20. The number of para-hydroxylation sites is 1. The van der Waals surface area contributed by atoms with Crippen LogP contribution in [0.1, 0.15) is 21.5 Å². The second-order valence-corrected chi connectivity index (χ2v) is 5.91. The van der Waals surface area contributed by atoms with E-state index in [0.717, 1.165) is 10.9 Å². The van der Waals surface area contributed by atoms with Gasteiger partial charge in [-0.25, -0.2) is 9.18 Å². The van der Waals surface area contributed by atoms with Crippen molar-refractivity contribution in [3.05, 3.63) is 65.1 Å². The van der Waals surface area contributed by atoms with E-state index in [1.807, 2.05) is 35.9 Å². The van der Waals surface area contributed by atoms with Gasteiger partial charge in [-0.15, -0.1) is 0 Å². The molecule has 0 saturated carbocycles. The Kier molecular flexibility index (Phi) is 3.89. The third kappa shape index (κ3) is 2.85. The van der Waals surface area contributed by atoms with Gasteiger partial charge in [0.15, 0.2) is 6.79 Å². The molecule has 4 rings (SSSR count). The largest absolute Gasteiger partial charge is 0.467 e. The fourth-order valence-corrected chi connectivity index (χ4v) is 3.09. The lowest BCUT2D eigenvalue weighted by Crippen LogP contribution is -2.14. The lowest BCUT2D eigenvalue weighted by atomic mass is 10.1. The number of hydrogen-bond acceptors (Lipinski definition) is 4. The number of carbonyl (C=O) groups is 1. The molecule has 25 heavy (non-hydrogen) atoms. The van der Waals surface area contributed by atoms with Crippen LogP contribution in [0.15, 0.2) is 42.6 Å². The van der Waals surface area contributed by atoms with E-state index in [1.165, 1.54) is 12.1 Å². The fraction of sp³-hybridized carbons (Fsp3) is 0.211. The molecule has 0 saturated heterocycles. The Morgan fingerprint density at radius 2 is 2.16 bits per heavy atom. The van der Waals surface area contributed by atoms with Crippen LogP contribution in [0, 0.1) is 5.82 Å². The Labute approximate surface area is 143 Å². The van der Waals surface area contributed by atoms with Gasteiger partial charge in [0.05, 0.1) is 12.2 Å². The smallest absolute Gasteiger partial charge is 0.340 e. The van der Waals surface area contributed by atoms with Crippen LogP contribution < -0.4 is 4.74 Å². The molecule has 3 aromatic rings. The third-order valence-electron chi connectivity index (χ3n) is 4.23. The van der Waals surface area contributed by atoms with Gasteiger partial charge in [0.1, 0.15) is 18.2 Å². The normalized spacial score (nSPS) is 13.4. The zero-order valence-corrected chi connectivity index (χ0v) is 13.6. The van der Waals surface area contributed by atoms with Crippen LogP contribution in [0.4, 0.5) is 4.39 Å². The lowest BCUT2D eigenvalue weighted by molar-refractivity contribution is -0.0182. The summed E-state index contributed by atoms with van der Waals surface area (Å²) in [4.78, 5) is 12.5. The molecule has 0 atom stereocenters. The zero-order chi connectivity index (χ0) is 17.4. The first-order chi connectivity index (χ1) is 12.1. The van der Waals surface area contributed by atoms with Gasteiger partial charge in [-0.05, 0) is 18.2 Å². The van der Waals surface area contributed by atoms with Crippen molar-refractivity contribution < 1.29 is 23.4 Å². The number of benzene rings is 2. The molecule has 1 aliphatic rings. The summed E-state index contributed by atoms with van der Waals surface area (Å²) in [5.41, 5.74) is 2.53. The van der Waals surface area contributed by atoms with Gasteiger partial charge in [-0.2, -0.15) is 0 Å². The molecule has 0 N–H and O–H groups in total. The van der Waals surface area contributed by atoms with E-state index in [4.69, 9.17) is 14.2 Å². The number of hydrogen-bond donors (Lipinski definition) is 0. The molecule has 0 fully saturated rings. The van der Waals surface area contributed by atoms with Crippen LogP contribution in [-0.2, 0) is 29.7 Å². The average Bonchev–Trinajstić information content (AvgIpc) is 2.96. The lowest BCUT2D eigenvalue weighted by Gasteiger charge is -2.20. The van der Waals surface area contributed by atoms with Crippen LogP contribution in [0.3, 0.4) is 0 Å². The first kappa shape index (κ1) is 15.7. The standard InChI is InChI=1S/C19H16FNO4/c1-21-8-16(15-4-2-3-5-17(15)21)19(22)24-10-13-7-14(20)6-12-9-23-11-25-18(12)13/h2-8H,9-11H2,1H3. The maximum absolute atomic E-state index is 13.8. The van der Waals surface area contributed by atoms with Crippen molar-refractivity contribution in [3.8, 4) is 5.75 Å². The topological polar surface area (TPSA) is 49.7 Å². The maximum Gasteiger partial charge on any atom is 0.340 e. The average molecular weight is 341 g/mol.